The first-order chi connectivity index (χ1) is 23.9. The molecule has 4 unspecified atom stereocenters. The molecule has 0 bridgehead atoms. The van der Waals surface area contributed by atoms with Gasteiger partial charge < -0.3 is 9.84 Å². The van der Waals surface area contributed by atoms with Crippen molar-refractivity contribution in [3.63, 3.8) is 0 Å². The average Bonchev–Trinajstić information content (AvgIpc) is 3.41. The van der Waals surface area contributed by atoms with Gasteiger partial charge in [0.05, 0.1) is 30.3 Å². The molecule has 9 heteroatoms. The maximum Gasteiger partial charge on any atom is 0.352 e. The number of hydrogen-bond donors (Lipinski definition) is 1. The number of ether oxygens (including phenoxy) is 1. The molecule has 1 aliphatic heterocycles. The summed E-state index contributed by atoms with van der Waals surface area (Å²) in [5.41, 5.74) is 1.42. The summed E-state index contributed by atoms with van der Waals surface area (Å²) in [6, 6.07) is 34.1. The van der Waals surface area contributed by atoms with Crippen LogP contribution in [0.4, 0.5) is 0 Å². The average molecular weight is 652 g/mol. The van der Waals surface area contributed by atoms with Crippen LogP contribution >= 0.6 is 0 Å². The number of Topliss-reactive ketones (excluding diaryl/α,β-unsaturated/α-hetero) is 1. The molecule has 244 valence electrons. The highest BCUT2D eigenvalue weighted by atomic mass is 16.5. The molecule has 9 nitrogen and oxygen atoms in total. The highest BCUT2D eigenvalue weighted by Crippen LogP contribution is 2.61. The van der Waals surface area contributed by atoms with Crippen molar-refractivity contribution in [1.82, 2.24) is 13.9 Å². The summed E-state index contributed by atoms with van der Waals surface area (Å²) in [4.78, 5) is 58.1. The smallest absolute Gasteiger partial charge is 0.352 e. The molecule has 49 heavy (non-hydrogen) atoms. The minimum Gasteiger partial charge on any atom is -0.491 e. The lowest BCUT2D eigenvalue weighted by atomic mass is 9.47. The Labute approximate surface area is 281 Å². The highest BCUT2D eigenvalue weighted by molar-refractivity contribution is 6.31. The van der Waals surface area contributed by atoms with Crippen molar-refractivity contribution in [1.29, 1.82) is 0 Å². The number of carbonyl (C=O) groups is 2. The number of nitrogens with zero attached hydrogens (tertiary/aromatic N) is 3. The molecule has 5 aromatic rings. The van der Waals surface area contributed by atoms with E-state index >= 15 is 4.79 Å². The topological polar surface area (TPSA) is 113 Å². The van der Waals surface area contributed by atoms with Crippen molar-refractivity contribution in [2.75, 3.05) is 13.2 Å². The molecule has 1 aromatic heterocycles. The fourth-order valence-electron chi connectivity index (χ4n) is 8.23. The van der Waals surface area contributed by atoms with Gasteiger partial charge in [-0.2, -0.15) is 0 Å². The molecule has 4 atom stereocenters. The highest BCUT2D eigenvalue weighted by Gasteiger charge is 2.63. The van der Waals surface area contributed by atoms with Gasteiger partial charge in [-0.15, -0.1) is 0 Å². The Balaban J connectivity index is 1.39. The maximum absolute atomic E-state index is 15.1. The third-order valence-corrected chi connectivity index (χ3v) is 10.2. The van der Waals surface area contributed by atoms with Crippen molar-refractivity contribution in [2.45, 2.75) is 30.3 Å². The molecule has 0 saturated heterocycles. The van der Waals surface area contributed by atoms with Gasteiger partial charge in [-0.3, -0.25) is 9.59 Å². The second-order valence-electron chi connectivity index (χ2n) is 12.6. The van der Waals surface area contributed by atoms with Gasteiger partial charge in [0.1, 0.15) is 12.4 Å². The van der Waals surface area contributed by atoms with Crippen molar-refractivity contribution in [2.24, 2.45) is 5.92 Å². The number of carbonyl (C=O) groups excluding carboxylic acids is 2. The Kier molecular flexibility index (Phi) is 7.49. The molecule has 2 heterocycles. The molecule has 4 aromatic carbocycles. The van der Waals surface area contributed by atoms with E-state index in [4.69, 9.17) is 4.74 Å². The summed E-state index contributed by atoms with van der Waals surface area (Å²) >= 11 is 0. The summed E-state index contributed by atoms with van der Waals surface area (Å²) in [6.45, 7) is 0.116. The predicted molar refractivity (Wildman–Crippen MR) is 184 cm³/mol. The summed E-state index contributed by atoms with van der Waals surface area (Å²) in [7, 11) is 0. The number of allylic oxidation sites excluding steroid dienone is 4. The summed E-state index contributed by atoms with van der Waals surface area (Å²) in [5, 5.41) is 9.30. The Morgan fingerprint density at radius 3 is 2.10 bits per heavy atom. The Morgan fingerprint density at radius 1 is 0.776 bits per heavy atom. The maximum atomic E-state index is 15.1. The first kappa shape index (κ1) is 30.5. The van der Waals surface area contributed by atoms with Gasteiger partial charge in [-0.25, -0.2) is 23.5 Å². The van der Waals surface area contributed by atoms with Crippen molar-refractivity contribution in [3.05, 3.63) is 171 Å². The molecular weight excluding hydrogens is 618 g/mol. The number of ketones is 2. The van der Waals surface area contributed by atoms with Crippen LogP contribution in [-0.2, 0) is 21.5 Å². The molecule has 2 aliphatic carbocycles. The zero-order valence-electron chi connectivity index (χ0n) is 26.5. The predicted octanol–water partition coefficient (Wildman–Crippen LogP) is 4.63. The molecule has 0 radical (unpaired) electrons. The van der Waals surface area contributed by atoms with Crippen LogP contribution in [0.3, 0.4) is 0 Å². The fourth-order valence-corrected chi connectivity index (χ4v) is 8.23. The van der Waals surface area contributed by atoms with E-state index < -0.39 is 34.7 Å². The number of aliphatic hydroxyl groups excluding tert-OH is 1. The third-order valence-electron chi connectivity index (χ3n) is 10.2. The van der Waals surface area contributed by atoms with E-state index in [1.165, 1.54) is 20.0 Å². The number of benzene rings is 4. The van der Waals surface area contributed by atoms with Crippen molar-refractivity contribution in [3.8, 4) is 11.4 Å². The standard InChI is InChI=1S/C40H33N3O6/c44-22-23-49-30-18-16-27(17-19-30)36-31-20-21-41-38(47)42(29-14-8-3-9-15-29)39(48)43(41)34(31)25-33-37(46)32(26-10-4-1-5-11-26)24-35(45)40(33,36)28-12-6-2-7-13-28/h1-20,24,33-34,36,44H,21-23,25H2. The zero-order valence-corrected chi connectivity index (χ0v) is 26.5. The second kappa shape index (κ2) is 12.0. The van der Waals surface area contributed by atoms with Gasteiger partial charge in [0, 0.05) is 17.4 Å². The van der Waals surface area contributed by atoms with E-state index in [2.05, 4.69) is 0 Å². The minimum atomic E-state index is -1.33. The largest absolute Gasteiger partial charge is 0.491 e. The summed E-state index contributed by atoms with van der Waals surface area (Å²) in [6.07, 6.45) is 3.60. The lowest BCUT2D eigenvalue weighted by Crippen LogP contribution is -2.58. The molecule has 8 rings (SSSR count). The van der Waals surface area contributed by atoms with Crippen LogP contribution in [0.5, 0.6) is 5.75 Å². The monoisotopic (exact) mass is 651 g/mol. The first-order valence-corrected chi connectivity index (χ1v) is 16.4. The minimum absolute atomic E-state index is 0.122. The number of para-hydroxylation sites is 1. The normalized spacial score (nSPS) is 22.8. The molecule has 1 fully saturated rings. The van der Waals surface area contributed by atoms with E-state index in [0.29, 0.717) is 28.1 Å². The van der Waals surface area contributed by atoms with Gasteiger partial charge in [-0.05, 0) is 59.0 Å². The van der Waals surface area contributed by atoms with Crippen LogP contribution in [-0.4, -0.2) is 43.8 Å². The summed E-state index contributed by atoms with van der Waals surface area (Å²) in [5.74, 6) is -1.35. The van der Waals surface area contributed by atoms with E-state index in [1.807, 2.05) is 84.9 Å². The van der Waals surface area contributed by atoms with Gasteiger partial charge in [0.25, 0.3) is 0 Å². The van der Waals surface area contributed by atoms with Crippen LogP contribution in [0.1, 0.15) is 35.1 Å². The quantitative estimate of drug-likeness (QED) is 0.257. The van der Waals surface area contributed by atoms with Gasteiger partial charge in [0.15, 0.2) is 11.6 Å². The number of aliphatic hydroxyl groups is 1. The lowest BCUT2D eigenvalue weighted by Gasteiger charge is -2.54. The van der Waals surface area contributed by atoms with E-state index in [0.717, 1.165) is 11.1 Å². The van der Waals surface area contributed by atoms with Gasteiger partial charge in [0.2, 0.25) is 0 Å². The first-order valence-electron chi connectivity index (χ1n) is 16.4. The second-order valence-corrected chi connectivity index (χ2v) is 12.6. The number of hydrogen-bond acceptors (Lipinski definition) is 6. The Morgan fingerprint density at radius 2 is 1.43 bits per heavy atom. The molecule has 1 N–H and O–H groups in total. The fraction of sp³-hybridized carbons (Fsp3) is 0.200. The zero-order chi connectivity index (χ0) is 33.7. The molecule has 1 saturated carbocycles. The van der Waals surface area contributed by atoms with E-state index in [1.54, 1.807) is 36.4 Å². The molecule has 3 aliphatic rings. The summed E-state index contributed by atoms with van der Waals surface area (Å²) < 4.78 is 9.75. The van der Waals surface area contributed by atoms with Crippen LogP contribution in [0.15, 0.2) is 143 Å². The van der Waals surface area contributed by atoms with Crippen molar-refractivity contribution >= 4 is 17.1 Å². The van der Waals surface area contributed by atoms with Crippen LogP contribution < -0.4 is 16.1 Å². The number of fused-ring (bicyclic) bond motifs is 4. The Hall–Kier alpha value is -5.80. The molecule has 0 spiro atoms. The van der Waals surface area contributed by atoms with Crippen LogP contribution in [0.25, 0.3) is 11.3 Å². The number of rotatable bonds is 7. The molecule has 0 amide bonds. The molecular formula is C40H33N3O6. The van der Waals surface area contributed by atoms with Crippen molar-refractivity contribution < 1.29 is 19.4 Å². The SMILES string of the molecule is O=C1C(c2ccccc2)=CC(=O)C2(c3ccccc3)C1CC1C(=CCn3c(=O)n(-c4ccccc4)c(=O)n31)C2c1ccc(OCCO)cc1. The van der Waals surface area contributed by atoms with E-state index in [-0.39, 0.29) is 37.7 Å². The van der Waals surface area contributed by atoms with Gasteiger partial charge >= 0.3 is 11.4 Å². The van der Waals surface area contributed by atoms with E-state index in [9.17, 15) is 19.5 Å². The van der Waals surface area contributed by atoms with Crippen LogP contribution in [0.2, 0.25) is 0 Å². The lowest BCUT2D eigenvalue weighted by molar-refractivity contribution is -0.133. The van der Waals surface area contributed by atoms with Crippen LogP contribution in [0, 0.1) is 5.92 Å². The number of aromatic nitrogens is 3. The van der Waals surface area contributed by atoms with Gasteiger partial charge in [-0.1, -0.05) is 97.1 Å². The Bertz CT molecular complexity index is 2250. The third kappa shape index (κ3) is 4.64.